The molecule has 1 N–H and O–H groups in total. The van der Waals surface area contributed by atoms with Crippen LogP contribution in [0, 0.1) is 0 Å². The van der Waals surface area contributed by atoms with E-state index in [1.807, 2.05) is 13.2 Å². The Morgan fingerprint density at radius 1 is 1.24 bits per heavy atom. The Morgan fingerprint density at radius 3 is 2.90 bits per heavy atom. The molecule has 3 rings (SSSR count). The molecule has 0 aromatic heterocycles. The third-order valence-corrected chi connectivity index (χ3v) is 4.83. The highest BCUT2D eigenvalue weighted by molar-refractivity contribution is 6.05. The molecular formula is C17H24N2O2. The van der Waals surface area contributed by atoms with Crippen LogP contribution >= 0.6 is 0 Å². The minimum Gasteiger partial charge on any atom is -0.411 e. The van der Waals surface area contributed by atoms with Crippen LogP contribution in [-0.2, 0) is 4.74 Å². The maximum atomic E-state index is 9.29. The van der Waals surface area contributed by atoms with Crippen LogP contribution in [0.4, 0.5) is 5.69 Å². The normalized spacial score (nSPS) is 28.2. The third kappa shape index (κ3) is 2.91. The first-order valence-electron chi connectivity index (χ1n) is 7.93. The molecule has 114 valence electrons. The number of hydrogen-bond acceptors (Lipinski definition) is 4. The standard InChI is InChI=1S/C17H24N2O2/c1-21-14-7-4-6-13(12-14)19-11-5-9-16(18-20)15-8-2-3-10-17(15)19/h2-3,8,10,13-14,20H,4-7,9,11-12H2,1H3/b18-16-. The molecule has 4 heteroatoms. The van der Waals surface area contributed by atoms with Gasteiger partial charge in [0.2, 0.25) is 0 Å². The lowest BCUT2D eigenvalue weighted by Gasteiger charge is -2.38. The lowest BCUT2D eigenvalue weighted by atomic mass is 9.91. The summed E-state index contributed by atoms with van der Waals surface area (Å²) < 4.78 is 5.58. The Hall–Kier alpha value is -1.55. The molecule has 1 aromatic rings. The van der Waals surface area contributed by atoms with Gasteiger partial charge in [-0.2, -0.15) is 0 Å². The van der Waals surface area contributed by atoms with Gasteiger partial charge in [0.15, 0.2) is 0 Å². The van der Waals surface area contributed by atoms with Gasteiger partial charge >= 0.3 is 0 Å². The average Bonchev–Trinajstić information content (AvgIpc) is 2.74. The van der Waals surface area contributed by atoms with Crippen molar-refractivity contribution in [2.75, 3.05) is 18.6 Å². The monoisotopic (exact) mass is 288 g/mol. The van der Waals surface area contributed by atoms with Crippen LogP contribution in [0.2, 0.25) is 0 Å². The number of ether oxygens (including phenoxy) is 1. The highest BCUT2D eigenvalue weighted by Gasteiger charge is 2.30. The van der Waals surface area contributed by atoms with E-state index in [9.17, 15) is 5.21 Å². The number of hydrogen-bond donors (Lipinski definition) is 1. The van der Waals surface area contributed by atoms with Crippen LogP contribution in [0.5, 0.6) is 0 Å². The molecule has 2 atom stereocenters. The Kier molecular flexibility index (Phi) is 4.44. The second kappa shape index (κ2) is 6.48. The molecule has 1 heterocycles. The molecule has 2 unspecified atom stereocenters. The molecule has 21 heavy (non-hydrogen) atoms. The molecular weight excluding hydrogens is 264 g/mol. The second-order valence-corrected chi connectivity index (χ2v) is 6.04. The summed E-state index contributed by atoms with van der Waals surface area (Å²) in [5, 5.41) is 12.8. The van der Waals surface area contributed by atoms with E-state index in [1.54, 1.807) is 0 Å². The van der Waals surface area contributed by atoms with Crippen molar-refractivity contribution in [2.45, 2.75) is 50.7 Å². The van der Waals surface area contributed by atoms with Gasteiger partial charge in [-0.1, -0.05) is 23.4 Å². The van der Waals surface area contributed by atoms with Crippen molar-refractivity contribution in [3.05, 3.63) is 29.8 Å². The predicted octanol–water partition coefficient (Wildman–Crippen LogP) is 3.42. The van der Waals surface area contributed by atoms with Crippen molar-refractivity contribution in [2.24, 2.45) is 5.16 Å². The number of anilines is 1. The Balaban J connectivity index is 1.91. The summed E-state index contributed by atoms with van der Waals surface area (Å²) in [6.45, 7) is 1.02. The summed E-state index contributed by atoms with van der Waals surface area (Å²) in [5.41, 5.74) is 3.11. The maximum Gasteiger partial charge on any atom is 0.0889 e. The molecule has 1 saturated carbocycles. The van der Waals surface area contributed by atoms with Crippen LogP contribution in [0.25, 0.3) is 0 Å². The third-order valence-electron chi connectivity index (χ3n) is 4.83. The van der Waals surface area contributed by atoms with Gasteiger partial charge in [0, 0.05) is 30.9 Å². The van der Waals surface area contributed by atoms with E-state index in [4.69, 9.17) is 4.74 Å². The Bertz CT molecular complexity index is 515. The number of para-hydroxylation sites is 1. The Morgan fingerprint density at radius 2 is 2.10 bits per heavy atom. The number of oxime groups is 1. The fourth-order valence-electron chi connectivity index (χ4n) is 3.74. The van der Waals surface area contributed by atoms with Crippen molar-refractivity contribution >= 4 is 11.4 Å². The molecule has 4 nitrogen and oxygen atoms in total. The van der Waals surface area contributed by atoms with Crippen molar-refractivity contribution in [1.82, 2.24) is 0 Å². The number of benzene rings is 1. The van der Waals surface area contributed by atoms with E-state index in [1.165, 1.54) is 24.9 Å². The van der Waals surface area contributed by atoms with Gasteiger partial charge in [-0.3, -0.25) is 0 Å². The summed E-state index contributed by atoms with van der Waals surface area (Å²) in [5.74, 6) is 0. The minimum atomic E-state index is 0.380. The summed E-state index contributed by atoms with van der Waals surface area (Å²) in [7, 11) is 1.82. The van der Waals surface area contributed by atoms with E-state index in [-0.39, 0.29) is 0 Å². The van der Waals surface area contributed by atoms with Gasteiger partial charge in [-0.25, -0.2) is 0 Å². The summed E-state index contributed by atoms with van der Waals surface area (Å²) in [6.07, 6.45) is 6.96. The average molecular weight is 288 g/mol. The molecule has 1 aromatic carbocycles. The first-order valence-corrected chi connectivity index (χ1v) is 7.93. The van der Waals surface area contributed by atoms with E-state index in [0.717, 1.165) is 37.1 Å². The van der Waals surface area contributed by atoms with Gasteiger partial charge in [-0.05, 0) is 44.6 Å². The van der Waals surface area contributed by atoms with Crippen molar-refractivity contribution < 1.29 is 9.94 Å². The minimum absolute atomic E-state index is 0.380. The van der Waals surface area contributed by atoms with Gasteiger partial charge in [0.25, 0.3) is 0 Å². The SMILES string of the molecule is COC1CCCC(N2CCC/C(=N/O)c3ccccc32)C1. The molecule has 1 aliphatic heterocycles. The largest absolute Gasteiger partial charge is 0.411 e. The number of rotatable bonds is 2. The topological polar surface area (TPSA) is 45.1 Å². The molecule has 0 saturated heterocycles. The maximum absolute atomic E-state index is 9.29. The van der Waals surface area contributed by atoms with Crippen molar-refractivity contribution in [3.63, 3.8) is 0 Å². The van der Waals surface area contributed by atoms with Crippen LogP contribution < -0.4 is 4.90 Å². The van der Waals surface area contributed by atoms with Gasteiger partial charge in [0.05, 0.1) is 11.8 Å². The van der Waals surface area contributed by atoms with Gasteiger partial charge in [0.1, 0.15) is 0 Å². The molecule has 0 radical (unpaired) electrons. The van der Waals surface area contributed by atoms with Gasteiger partial charge in [-0.15, -0.1) is 0 Å². The molecule has 2 aliphatic rings. The Labute approximate surface area is 126 Å². The lowest BCUT2D eigenvalue weighted by molar-refractivity contribution is 0.0631. The zero-order chi connectivity index (χ0) is 14.7. The summed E-state index contributed by atoms with van der Waals surface area (Å²) in [6, 6.07) is 8.85. The predicted molar refractivity (Wildman–Crippen MR) is 84.4 cm³/mol. The van der Waals surface area contributed by atoms with Crippen LogP contribution in [0.3, 0.4) is 0 Å². The van der Waals surface area contributed by atoms with Crippen molar-refractivity contribution in [3.8, 4) is 0 Å². The van der Waals surface area contributed by atoms with E-state index in [2.05, 4.69) is 28.3 Å². The molecule has 1 aliphatic carbocycles. The number of methoxy groups -OCH3 is 1. The highest BCUT2D eigenvalue weighted by Crippen LogP contribution is 2.33. The van der Waals surface area contributed by atoms with E-state index < -0.39 is 0 Å². The zero-order valence-electron chi connectivity index (χ0n) is 12.7. The second-order valence-electron chi connectivity index (χ2n) is 6.04. The fraction of sp³-hybridized carbons (Fsp3) is 0.588. The number of fused-ring (bicyclic) bond motifs is 1. The lowest BCUT2D eigenvalue weighted by Crippen LogP contribution is -2.41. The summed E-state index contributed by atoms with van der Waals surface area (Å²) >= 11 is 0. The molecule has 1 fully saturated rings. The van der Waals surface area contributed by atoms with E-state index in [0.29, 0.717) is 12.1 Å². The van der Waals surface area contributed by atoms with Crippen LogP contribution in [-0.4, -0.2) is 36.7 Å². The zero-order valence-corrected chi connectivity index (χ0v) is 12.7. The van der Waals surface area contributed by atoms with Crippen LogP contribution in [0.15, 0.2) is 29.4 Å². The van der Waals surface area contributed by atoms with E-state index >= 15 is 0 Å². The fourth-order valence-corrected chi connectivity index (χ4v) is 3.74. The molecule has 0 bridgehead atoms. The first-order chi connectivity index (χ1) is 10.3. The quantitative estimate of drug-likeness (QED) is 0.670. The van der Waals surface area contributed by atoms with Gasteiger partial charge < -0.3 is 14.8 Å². The van der Waals surface area contributed by atoms with Crippen molar-refractivity contribution in [1.29, 1.82) is 0 Å². The summed E-state index contributed by atoms with van der Waals surface area (Å²) in [4.78, 5) is 2.51. The first kappa shape index (κ1) is 14.4. The van der Waals surface area contributed by atoms with Crippen LogP contribution in [0.1, 0.15) is 44.1 Å². The number of nitrogens with zero attached hydrogens (tertiary/aromatic N) is 2. The smallest absolute Gasteiger partial charge is 0.0889 e. The highest BCUT2D eigenvalue weighted by atomic mass is 16.5. The molecule has 0 spiro atoms. The molecule has 0 amide bonds.